The summed E-state index contributed by atoms with van der Waals surface area (Å²) in [6.07, 6.45) is -0.425. The average Bonchev–Trinajstić information content (AvgIpc) is 2.11. The Morgan fingerprint density at radius 3 is 2.67 bits per heavy atom. The Balaban J connectivity index is 2.60. The zero-order chi connectivity index (χ0) is 11.4. The number of barbiturate groups is 1. The van der Waals surface area contributed by atoms with Crippen molar-refractivity contribution >= 4 is 23.8 Å². The first-order valence-corrected chi connectivity index (χ1v) is 4.34. The molecule has 1 saturated heterocycles. The number of rotatable bonds is 3. The predicted molar refractivity (Wildman–Crippen MR) is 46.5 cm³/mol. The SMILES string of the molecule is CCOC(=O)CN1C(=O)CC(=O)NC1=O. The number of imide groups is 2. The van der Waals surface area contributed by atoms with Crippen molar-refractivity contribution in [3.05, 3.63) is 0 Å². The first-order chi connectivity index (χ1) is 7.04. The summed E-state index contributed by atoms with van der Waals surface area (Å²) in [6, 6.07) is -0.885. The number of hydrogen-bond donors (Lipinski definition) is 1. The van der Waals surface area contributed by atoms with Gasteiger partial charge in [-0.25, -0.2) is 4.79 Å². The van der Waals surface area contributed by atoms with E-state index in [0.717, 1.165) is 0 Å². The Morgan fingerprint density at radius 2 is 2.13 bits per heavy atom. The van der Waals surface area contributed by atoms with Crippen molar-refractivity contribution in [3.8, 4) is 0 Å². The maximum absolute atomic E-state index is 11.2. The van der Waals surface area contributed by atoms with E-state index in [1.807, 2.05) is 5.32 Å². The second-order valence-corrected chi connectivity index (χ2v) is 2.82. The van der Waals surface area contributed by atoms with Crippen molar-refractivity contribution in [2.24, 2.45) is 0 Å². The summed E-state index contributed by atoms with van der Waals surface area (Å²) in [5.41, 5.74) is 0. The molecule has 0 unspecified atom stereocenters. The molecule has 4 amide bonds. The number of nitrogens with one attached hydrogen (secondary N) is 1. The molecule has 0 aliphatic carbocycles. The van der Waals surface area contributed by atoms with E-state index in [9.17, 15) is 19.2 Å². The maximum atomic E-state index is 11.2. The van der Waals surface area contributed by atoms with Crippen molar-refractivity contribution in [1.29, 1.82) is 0 Å². The normalized spacial score (nSPS) is 16.3. The van der Waals surface area contributed by atoms with E-state index in [2.05, 4.69) is 4.74 Å². The number of carbonyl (C=O) groups is 4. The molecule has 1 aliphatic rings. The summed E-state index contributed by atoms with van der Waals surface area (Å²) in [6.45, 7) is 1.31. The van der Waals surface area contributed by atoms with Gasteiger partial charge in [-0.1, -0.05) is 0 Å². The molecule has 1 aliphatic heterocycles. The van der Waals surface area contributed by atoms with Crippen LogP contribution in [0.1, 0.15) is 13.3 Å². The van der Waals surface area contributed by atoms with Crippen molar-refractivity contribution in [1.82, 2.24) is 10.2 Å². The molecule has 0 radical (unpaired) electrons. The van der Waals surface area contributed by atoms with Crippen LogP contribution in [0.3, 0.4) is 0 Å². The molecule has 0 bridgehead atoms. The predicted octanol–water partition coefficient (Wildman–Crippen LogP) is -0.982. The molecule has 0 saturated carbocycles. The molecule has 15 heavy (non-hydrogen) atoms. The minimum atomic E-state index is -0.885. The lowest BCUT2D eigenvalue weighted by Gasteiger charge is -2.23. The third kappa shape index (κ3) is 2.76. The fourth-order valence-corrected chi connectivity index (χ4v) is 1.07. The van der Waals surface area contributed by atoms with Crippen molar-refractivity contribution in [2.75, 3.05) is 13.2 Å². The molecule has 82 valence electrons. The van der Waals surface area contributed by atoms with Gasteiger partial charge in [0.1, 0.15) is 13.0 Å². The second-order valence-electron chi connectivity index (χ2n) is 2.82. The monoisotopic (exact) mass is 214 g/mol. The Morgan fingerprint density at radius 1 is 1.47 bits per heavy atom. The molecule has 7 nitrogen and oxygen atoms in total. The van der Waals surface area contributed by atoms with Gasteiger partial charge in [-0.3, -0.25) is 24.6 Å². The lowest BCUT2D eigenvalue weighted by atomic mass is 10.3. The van der Waals surface area contributed by atoms with Gasteiger partial charge in [-0.2, -0.15) is 0 Å². The number of nitrogens with zero attached hydrogens (tertiary/aromatic N) is 1. The Bertz CT molecular complexity index is 305. The third-order valence-corrected chi connectivity index (χ3v) is 1.70. The lowest BCUT2D eigenvalue weighted by Crippen LogP contribution is -2.54. The molecule has 7 heteroatoms. The lowest BCUT2D eigenvalue weighted by molar-refractivity contribution is -0.149. The zero-order valence-corrected chi connectivity index (χ0v) is 8.11. The van der Waals surface area contributed by atoms with Crippen LogP contribution in [0.2, 0.25) is 0 Å². The highest BCUT2D eigenvalue weighted by Gasteiger charge is 2.32. The zero-order valence-electron chi connectivity index (χ0n) is 8.11. The Hall–Kier alpha value is -1.92. The maximum Gasteiger partial charge on any atom is 0.331 e. The van der Waals surface area contributed by atoms with Crippen LogP contribution in [0.25, 0.3) is 0 Å². The van der Waals surface area contributed by atoms with Gasteiger partial charge < -0.3 is 4.74 Å². The number of esters is 1. The van der Waals surface area contributed by atoms with Gasteiger partial charge in [0.25, 0.3) is 0 Å². The van der Waals surface area contributed by atoms with Crippen LogP contribution in [-0.2, 0) is 19.1 Å². The Labute approximate surface area is 85.4 Å². The largest absolute Gasteiger partial charge is 0.465 e. The van der Waals surface area contributed by atoms with E-state index in [1.54, 1.807) is 6.92 Å². The van der Waals surface area contributed by atoms with E-state index in [1.165, 1.54) is 0 Å². The molecular weight excluding hydrogens is 204 g/mol. The van der Waals surface area contributed by atoms with Gasteiger partial charge >= 0.3 is 12.0 Å². The summed E-state index contributed by atoms with van der Waals surface area (Å²) in [7, 11) is 0. The van der Waals surface area contributed by atoms with Gasteiger partial charge in [-0.05, 0) is 6.92 Å². The Kier molecular flexibility index (Phi) is 3.37. The summed E-state index contributed by atoms with van der Waals surface area (Å²) < 4.78 is 4.57. The van der Waals surface area contributed by atoms with Crippen LogP contribution in [-0.4, -0.2) is 41.9 Å². The number of hydrogen-bond acceptors (Lipinski definition) is 5. The summed E-state index contributed by atoms with van der Waals surface area (Å²) in [4.78, 5) is 44.7. The quantitative estimate of drug-likeness (QED) is 0.481. The first kappa shape index (κ1) is 11.2. The molecular formula is C8H10N2O5. The van der Waals surface area contributed by atoms with Crippen LogP contribution < -0.4 is 5.32 Å². The van der Waals surface area contributed by atoms with Crippen LogP contribution >= 0.6 is 0 Å². The molecule has 1 rings (SSSR count). The molecule has 0 aromatic carbocycles. The van der Waals surface area contributed by atoms with E-state index >= 15 is 0 Å². The van der Waals surface area contributed by atoms with Crippen LogP contribution in [0.5, 0.6) is 0 Å². The molecule has 0 atom stereocenters. The van der Waals surface area contributed by atoms with Crippen LogP contribution in [0, 0.1) is 0 Å². The van der Waals surface area contributed by atoms with Crippen molar-refractivity contribution in [3.63, 3.8) is 0 Å². The topological polar surface area (TPSA) is 92.8 Å². The van der Waals surface area contributed by atoms with Gasteiger partial charge in [0.15, 0.2) is 0 Å². The highest BCUT2D eigenvalue weighted by Crippen LogP contribution is 2.02. The number of amides is 4. The van der Waals surface area contributed by atoms with Crippen LogP contribution in [0.15, 0.2) is 0 Å². The second kappa shape index (κ2) is 4.54. The number of ether oxygens (including phenoxy) is 1. The fourth-order valence-electron chi connectivity index (χ4n) is 1.07. The molecule has 0 spiro atoms. The molecule has 0 aromatic heterocycles. The van der Waals surface area contributed by atoms with Crippen molar-refractivity contribution < 1.29 is 23.9 Å². The van der Waals surface area contributed by atoms with Crippen molar-refractivity contribution in [2.45, 2.75) is 13.3 Å². The van der Waals surface area contributed by atoms with Crippen LogP contribution in [0.4, 0.5) is 4.79 Å². The molecule has 1 N–H and O–H groups in total. The summed E-state index contributed by atoms with van der Waals surface area (Å²) in [5.74, 6) is -2.04. The number of urea groups is 1. The van der Waals surface area contributed by atoms with E-state index in [-0.39, 0.29) is 6.61 Å². The van der Waals surface area contributed by atoms with Gasteiger partial charge in [-0.15, -0.1) is 0 Å². The summed E-state index contributed by atoms with van der Waals surface area (Å²) in [5, 5.41) is 1.93. The number of carbonyl (C=O) groups excluding carboxylic acids is 4. The highest BCUT2D eigenvalue weighted by molar-refractivity contribution is 6.14. The van der Waals surface area contributed by atoms with E-state index in [4.69, 9.17) is 0 Å². The standard InChI is InChI=1S/C8H10N2O5/c1-2-15-7(13)4-10-6(12)3-5(11)9-8(10)14/h2-4H2,1H3,(H,9,11,14). The first-order valence-electron chi connectivity index (χ1n) is 4.34. The minimum Gasteiger partial charge on any atom is -0.465 e. The van der Waals surface area contributed by atoms with Gasteiger partial charge in [0, 0.05) is 0 Å². The van der Waals surface area contributed by atoms with E-state index in [0.29, 0.717) is 4.90 Å². The van der Waals surface area contributed by atoms with Gasteiger partial charge in [0.2, 0.25) is 11.8 Å². The summed E-state index contributed by atoms with van der Waals surface area (Å²) >= 11 is 0. The molecule has 1 fully saturated rings. The highest BCUT2D eigenvalue weighted by atomic mass is 16.5. The smallest absolute Gasteiger partial charge is 0.331 e. The fraction of sp³-hybridized carbons (Fsp3) is 0.500. The van der Waals surface area contributed by atoms with Gasteiger partial charge in [0.05, 0.1) is 6.61 Å². The third-order valence-electron chi connectivity index (χ3n) is 1.70. The average molecular weight is 214 g/mol. The molecule has 1 heterocycles. The minimum absolute atomic E-state index is 0.168. The molecule has 0 aromatic rings. The van der Waals surface area contributed by atoms with E-state index < -0.39 is 36.8 Å².